The second-order valence-corrected chi connectivity index (χ2v) is 6.14. The molecular weight excluding hydrogens is 232 g/mol. The van der Waals surface area contributed by atoms with Crippen LogP contribution in [0.1, 0.15) is 34.1 Å². The number of carbonyl (C=O) groups is 1. The first kappa shape index (κ1) is 11.2. The van der Waals surface area contributed by atoms with E-state index in [1.165, 1.54) is 0 Å². The Kier molecular flexibility index (Phi) is 2.63. The van der Waals surface area contributed by atoms with Crippen molar-refractivity contribution >= 4 is 21.7 Å². The highest BCUT2D eigenvalue weighted by molar-refractivity contribution is 9.09. The largest absolute Gasteiger partial charge is 0.391 e. The van der Waals surface area contributed by atoms with Gasteiger partial charge in [-0.3, -0.25) is 4.79 Å². The number of ketones is 1. The second-order valence-electron chi connectivity index (χ2n) is 5.16. The number of aliphatic hydroxyl groups is 1. The van der Waals surface area contributed by atoms with Crippen molar-refractivity contribution in [2.75, 3.05) is 0 Å². The van der Waals surface area contributed by atoms with Gasteiger partial charge in [-0.2, -0.15) is 0 Å². The number of hydrogen-bond donors (Lipinski definition) is 1. The van der Waals surface area contributed by atoms with Gasteiger partial charge in [0.1, 0.15) is 5.78 Å². The lowest BCUT2D eigenvalue weighted by atomic mass is 9.64. The second kappa shape index (κ2) is 3.06. The minimum atomic E-state index is -0.607. The van der Waals surface area contributed by atoms with Crippen LogP contribution in [0, 0.1) is 10.8 Å². The fraction of sp³-hybridized carbons (Fsp3) is 0.900. The molecule has 0 heterocycles. The summed E-state index contributed by atoms with van der Waals surface area (Å²) in [4.78, 5) is 11.7. The van der Waals surface area contributed by atoms with Crippen molar-refractivity contribution in [2.24, 2.45) is 10.8 Å². The van der Waals surface area contributed by atoms with Crippen LogP contribution >= 0.6 is 15.9 Å². The Morgan fingerprint density at radius 2 is 1.85 bits per heavy atom. The Morgan fingerprint density at radius 1 is 1.38 bits per heavy atom. The van der Waals surface area contributed by atoms with Crippen molar-refractivity contribution in [1.29, 1.82) is 0 Å². The van der Waals surface area contributed by atoms with Crippen LogP contribution in [0.5, 0.6) is 0 Å². The fourth-order valence-electron chi connectivity index (χ4n) is 1.70. The molecule has 0 aliphatic heterocycles. The van der Waals surface area contributed by atoms with E-state index in [9.17, 15) is 9.90 Å². The lowest BCUT2D eigenvalue weighted by molar-refractivity contribution is -0.141. The Hall–Kier alpha value is 0.110. The molecule has 2 atom stereocenters. The van der Waals surface area contributed by atoms with Gasteiger partial charge in [-0.05, 0) is 5.41 Å². The predicted molar refractivity (Wildman–Crippen MR) is 55.9 cm³/mol. The van der Waals surface area contributed by atoms with Gasteiger partial charge in [-0.1, -0.05) is 43.6 Å². The molecule has 1 N–H and O–H groups in total. The normalized spacial score (nSPS) is 37.5. The van der Waals surface area contributed by atoms with Gasteiger partial charge in [-0.15, -0.1) is 0 Å². The zero-order valence-corrected chi connectivity index (χ0v) is 10.2. The summed E-state index contributed by atoms with van der Waals surface area (Å²) >= 11 is 3.48. The SMILES string of the molecule is CC1(C)CC(=O)C(C)(C)[C@H](O)[C@H]1Br. The molecule has 0 bridgehead atoms. The van der Waals surface area contributed by atoms with E-state index in [0.717, 1.165) is 0 Å². The van der Waals surface area contributed by atoms with Crippen LogP contribution < -0.4 is 0 Å². The molecule has 2 nitrogen and oxygen atoms in total. The number of alkyl halides is 1. The summed E-state index contributed by atoms with van der Waals surface area (Å²) in [6.45, 7) is 7.62. The molecule has 1 rings (SSSR count). The van der Waals surface area contributed by atoms with Gasteiger partial charge in [0, 0.05) is 11.2 Å². The maximum atomic E-state index is 11.7. The molecule has 0 amide bonds. The molecule has 3 heteroatoms. The maximum absolute atomic E-state index is 11.7. The third-order valence-corrected chi connectivity index (χ3v) is 4.84. The minimum absolute atomic E-state index is 0.00676. The summed E-state index contributed by atoms with van der Waals surface area (Å²) in [5.74, 6) is 0.153. The van der Waals surface area contributed by atoms with Gasteiger partial charge >= 0.3 is 0 Å². The average molecular weight is 249 g/mol. The first-order valence-electron chi connectivity index (χ1n) is 4.55. The molecule has 76 valence electrons. The number of Topliss-reactive ketones (excluding diaryl/α,β-unsaturated/α-hetero) is 1. The van der Waals surface area contributed by atoms with Crippen LogP contribution in [-0.4, -0.2) is 21.8 Å². The summed E-state index contributed by atoms with van der Waals surface area (Å²) in [6, 6.07) is 0. The van der Waals surface area contributed by atoms with Crippen molar-refractivity contribution < 1.29 is 9.90 Å². The molecule has 0 aromatic carbocycles. The van der Waals surface area contributed by atoms with Gasteiger partial charge in [0.15, 0.2) is 0 Å². The molecule has 0 unspecified atom stereocenters. The summed E-state index contributed by atoms with van der Waals surface area (Å²) in [5, 5.41) is 9.94. The van der Waals surface area contributed by atoms with E-state index < -0.39 is 11.5 Å². The van der Waals surface area contributed by atoms with Crippen LogP contribution in [-0.2, 0) is 4.79 Å². The van der Waals surface area contributed by atoms with E-state index in [-0.39, 0.29) is 16.0 Å². The highest BCUT2D eigenvalue weighted by Gasteiger charge is 2.50. The Bertz CT molecular complexity index is 233. The maximum Gasteiger partial charge on any atom is 0.141 e. The van der Waals surface area contributed by atoms with E-state index in [4.69, 9.17) is 0 Å². The highest BCUT2D eigenvalue weighted by Crippen LogP contribution is 2.45. The monoisotopic (exact) mass is 248 g/mol. The number of aliphatic hydroxyl groups excluding tert-OH is 1. The van der Waals surface area contributed by atoms with Crippen molar-refractivity contribution in [2.45, 2.75) is 45.0 Å². The van der Waals surface area contributed by atoms with Crippen LogP contribution in [0.2, 0.25) is 0 Å². The molecule has 1 aliphatic carbocycles. The summed E-state index contributed by atoms with van der Waals surface area (Å²) < 4.78 is 0. The van der Waals surface area contributed by atoms with Gasteiger partial charge in [0.25, 0.3) is 0 Å². The third-order valence-electron chi connectivity index (χ3n) is 3.10. The molecule has 1 fully saturated rings. The zero-order chi connectivity index (χ0) is 10.4. The Morgan fingerprint density at radius 3 is 2.31 bits per heavy atom. The molecule has 1 aliphatic rings. The van der Waals surface area contributed by atoms with Crippen LogP contribution in [0.3, 0.4) is 0 Å². The molecule has 0 saturated heterocycles. The fourth-order valence-corrected chi connectivity index (χ4v) is 2.52. The van der Waals surface area contributed by atoms with Crippen molar-refractivity contribution in [3.8, 4) is 0 Å². The highest BCUT2D eigenvalue weighted by atomic mass is 79.9. The first-order valence-corrected chi connectivity index (χ1v) is 5.46. The molecule has 13 heavy (non-hydrogen) atoms. The number of carbonyl (C=O) groups excluding carboxylic acids is 1. The summed E-state index contributed by atoms with van der Waals surface area (Å²) in [6.07, 6.45) is -0.0591. The van der Waals surface area contributed by atoms with Crippen LogP contribution in [0.4, 0.5) is 0 Å². The van der Waals surface area contributed by atoms with Crippen LogP contribution in [0.25, 0.3) is 0 Å². The first-order chi connectivity index (χ1) is 5.69. The van der Waals surface area contributed by atoms with Crippen LogP contribution in [0.15, 0.2) is 0 Å². The molecular formula is C10H17BrO2. The standard InChI is InChI=1S/C10H17BrO2/c1-9(2)5-6(12)10(3,4)8(13)7(9)11/h7-8,13H,5H2,1-4H3/t7-,8-/m1/s1. The van der Waals surface area contributed by atoms with Crippen molar-refractivity contribution in [3.05, 3.63) is 0 Å². The van der Waals surface area contributed by atoms with Crippen molar-refractivity contribution in [1.82, 2.24) is 0 Å². The lowest BCUT2D eigenvalue weighted by Crippen LogP contribution is -2.54. The van der Waals surface area contributed by atoms with Gasteiger partial charge in [0.05, 0.1) is 11.5 Å². The summed E-state index contributed by atoms with van der Waals surface area (Å²) in [7, 11) is 0. The topological polar surface area (TPSA) is 37.3 Å². The third kappa shape index (κ3) is 1.68. The molecule has 0 aromatic heterocycles. The quantitative estimate of drug-likeness (QED) is 0.668. The summed E-state index contributed by atoms with van der Waals surface area (Å²) in [5.41, 5.74) is -0.754. The van der Waals surface area contributed by atoms with E-state index in [2.05, 4.69) is 15.9 Å². The smallest absolute Gasteiger partial charge is 0.141 e. The van der Waals surface area contributed by atoms with E-state index in [0.29, 0.717) is 6.42 Å². The Labute approximate surface area is 87.8 Å². The van der Waals surface area contributed by atoms with Gasteiger partial charge in [0.2, 0.25) is 0 Å². The lowest BCUT2D eigenvalue weighted by Gasteiger charge is -2.46. The molecule has 0 radical (unpaired) electrons. The van der Waals surface area contributed by atoms with E-state index >= 15 is 0 Å². The number of halogens is 1. The Balaban J connectivity index is 3.00. The number of hydrogen-bond acceptors (Lipinski definition) is 2. The van der Waals surface area contributed by atoms with Gasteiger partial charge < -0.3 is 5.11 Å². The molecule has 1 saturated carbocycles. The van der Waals surface area contributed by atoms with Crippen molar-refractivity contribution in [3.63, 3.8) is 0 Å². The molecule has 0 spiro atoms. The predicted octanol–water partition coefficient (Wildman–Crippen LogP) is 2.14. The van der Waals surface area contributed by atoms with E-state index in [1.54, 1.807) is 0 Å². The van der Waals surface area contributed by atoms with Gasteiger partial charge in [-0.25, -0.2) is 0 Å². The number of rotatable bonds is 0. The average Bonchev–Trinajstić information content (AvgIpc) is 1.98. The van der Waals surface area contributed by atoms with E-state index in [1.807, 2.05) is 27.7 Å². The minimum Gasteiger partial charge on any atom is -0.391 e. The molecule has 0 aromatic rings. The zero-order valence-electron chi connectivity index (χ0n) is 8.60.